The number of Topliss-reactive ketones (excluding diaryl/α,β-unsaturated/α-hetero) is 1. The van der Waals surface area contributed by atoms with E-state index in [-0.39, 0.29) is 36.0 Å². The van der Waals surface area contributed by atoms with Gasteiger partial charge in [-0.15, -0.1) is 0 Å². The average molecular weight is 409 g/mol. The molecule has 6 nitrogen and oxygen atoms in total. The van der Waals surface area contributed by atoms with Crippen LogP contribution in [0.1, 0.15) is 73.1 Å². The number of carbonyl (C=O) groups excluding carboxylic acids is 3. The highest BCUT2D eigenvalue weighted by atomic mass is 16.6. The lowest BCUT2D eigenvalue weighted by molar-refractivity contribution is -0.156. The molecule has 1 aliphatic rings. The zero-order valence-corrected chi connectivity index (χ0v) is 18.7. The lowest BCUT2D eigenvalue weighted by Crippen LogP contribution is -2.33. The first-order chi connectivity index (χ1) is 13.6. The van der Waals surface area contributed by atoms with E-state index >= 15 is 0 Å². The molecule has 4 atom stereocenters. The van der Waals surface area contributed by atoms with E-state index < -0.39 is 5.97 Å². The van der Waals surface area contributed by atoms with Crippen LogP contribution in [0.5, 0.6) is 0 Å². The second-order valence-corrected chi connectivity index (χ2v) is 8.03. The molecule has 0 saturated carbocycles. The number of rotatable bonds is 9. The van der Waals surface area contributed by atoms with Gasteiger partial charge in [0, 0.05) is 25.3 Å². The van der Waals surface area contributed by atoms with Crippen molar-refractivity contribution < 1.29 is 28.6 Å². The molecule has 1 rings (SSSR count). The molecule has 0 aromatic heterocycles. The van der Waals surface area contributed by atoms with Gasteiger partial charge in [-0.25, -0.2) is 4.79 Å². The molecule has 1 aliphatic heterocycles. The fraction of sp³-hybridized carbons (Fsp3) is 0.696. The smallest absolute Gasteiger partial charge is 0.330 e. The van der Waals surface area contributed by atoms with Crippen molar-refractivity contribution in [2.75, 3.05) is 7.11 Å². The van der Waals surface area contributed by atoms with Gasteiger partial charge in [-0.1, -0.05) is 25.0 Å². The van der Waals surface area contributed by atoms with Crippen LogP contribution in [0.25, 0.3) is 0 Å². The predicted octanol–water partition coefficient (Wildman–Crippen LogP) is 4.32. The van der Waals surface area contributed by atoms with Gasteiger partial charge in [0.05, 0.1) is 19.3 Å². The molecule has 0 spiro atoms. The second kappa shape index (κ2) is 12.6. The van der Waals surface area contributed by atoms with Gasteiger partial charge in [-0.3, -0.25) is 9.59 Å². The van der Waals surface area contributed by atoms with Crippen molar-refractivity contribution in [3.05, 3.63) is 23.3 Å². The highest BCUT2D eigenvalue weighted by molar-refractivity contribution is 5.83. The molecule has 2 unspecified atom stereocenters. The topological polar surface area (TPSA) is 78.9 Å². The Kier molecular flexibility index (Phi) is 10.9. The summed E-state index contributed by atoms with van der Waals surface area (Å²) in [7, 11) is 1.34. The summed E-state index contributed by atoms with van der Waals surface area (Å²) in [6, 6.07) is 0. The first-order valence-electron chi connectivity index (χ1n) is 10.4. The quantitative estimate of drug-likeness (QED) is 0.321. The van der Waals surface area contributed by atoms with Crippen molar-refractivity contribution in [2.45, 2.75) is 91.5 Å². The van der Waals surface area contributed by atoms with Crippen LogP contribution < -0.4 is 0 Å². The number of hydrogen-bond donors (Lipinski definition) is 0. The molecule has 0 aromatic rings. The van der Waals surface area contributed by atoms with Crippen molar-refractivity contribution in [3.63, 3.8) is 0 Å². The third-order valence-corrected chi connectivity index (χ3v) is 5.24. The van der Waals surface area contributed by atoms with Crippen LogP contribution in [0.2, 0.25) is 0 Å². The minimum atomic E-state index is -0.415. The number of ether oxygens (including phenoxy) is 3. The molecular formula is C23H36O6. The summed E-state index contributed by atoms with van der Waals surface area (Å²) in [6.07, 6.45) is 6.43. The second-order valence-electron chi connectivity index (χ2n) is 8.03. The normalized spacial score (nSPS) is 24.3. The van der Waals surface area contributed by atoms with E-state index in [0.29, 0.717) is 25.7 Å². The molecule has 0 radical (unpaired) electrons. The summed E-state index contributed by atoms with van der Waals surface area (Å²) in [5, 5.41) is 0. The summed E-state index contributed by atoms with van der Waals surface area (Å²) in [5.41, 5.74) is 1.98. The van der Waals surface area contributed by atoms with E-state index in [1.165, 1.54) is 20.1 Å². The number of esters is 2. The SMILES string of the molecule is COC(=O)/C=C1\CC[C@@H](OC(C)=O)[C@H](CCCC(C)C(=O)CC=C(C)C)OC1C. The molecule has 1 heterocycles. The third-order valence-electron chi connectivity index (χ3n) is 5.24. The van der Waals surface area contributed by atoms with Crippen LogP contribution in [0, 0.1) is 5.92 Å². The predicted molar refractivity (Wildman–Crippen MR) is 111 cm³/mol. The molecule has 0 amide bonds. The van der Waals surface area contributed by atoms with Crippen molar-refractivity contribution >= 4 is 17.7 Å². The number of methoxy groups -OCH3 is 1. The highest BCUT2D eigenvalue weighted by Gasteiger charge is 2.32. The van der Waals surface area contributed by atoms with E-state index in [9.17, 15) is 14.4 Å². The van der Waals surface area contributed by atoms with Crippen LogP contribution in [0.15, 0.2) is 23.3 Å². The molecule has 0 aliphatic carbocycles. The summed E-state index contributed by atoms with van der Waals surface area (Å²) in [5.74, 6) is -0.541. The van der Waals surface area contributed by atoms with Gasteiger partial charge in [0.15, 0.2) is 0 Å². The Morgan fingerprint density at radius 1 is 1.24 bits per heavy atom. The van der Waals surface area contributed by atoms with Gasteiger partial charge in [-0.05, 0) is 52.0 Å². The molecule has 0 aromatic carbocycles. The van der Waals surface area contributed by atoms with Crippen LogP contribution in [-0.4, -0.2) is 43.1 Å². The van der Waals surface area contributed by atoms with Crippen LogP contribution in [-0.2, 0) is 28.6 Å². The van der Waals surface area contributed by atoms with Gasteiger partial charge in [-0.2, -0.15) is 0 Å². The van der Waals surface area contributed by atoms with Crippen molar-refractivity contribution in [2.24, 2.45) is 5.92 Å². The van der Waals surface area contributed by atoms with Crippen LogP contribution >= 0.6 is 0 Å². The Bertz CT molecular complexity index is 629. The van der Waals surface area contributed by atoms with Crippen molar-refractivity contribution in [3.8, 4) is 0 Å². The zero-order valence-electron chi connectivity index (χ0n) is 18.7. The van der Waals surface area contributed by atoms with Crippen molar-refractivity contribution in [1.82, 2.24) is 0 Å². The Morgan fingerprint density at radius 3 is 2.52 bits per heavy atom. The summed E-state index contributed by atoms with van der Waals surface area (Å²) >= 11 is 0. The molecule has 6 heteroatoms. The zero-order chi connectivity index (χ0) is 22.0. The lowest BCUT2D eigenvalue weighted by atomic mass is 9.94. The molecule has 164 valence electrons. The molecule has 0 N–H and O–H groups in total. The average Bonchev–Trinajstić information content (AvgIpc) is 2.79. The molecule has 1 saturated heterocycles. The van der Waals surface area contributed by atoms with E-state index in [4.69, 9.17) is 14.2 Å². The number of hydrogen-bond acceptors (Lipinski definition) is 6. The minimum Gasteiger partial charge on any atom is -0.466 e. The summed E-state index contributed by atoms with van der Waals surface area (Å²) in [6.45, 7) is 9.21. The molecule has 0 bridgehead atoms. The standard InChI is InChI=1S/C23H36O6/c1-15(2)10-12-20(25)16(3)8-7-9-21-22(29-18(5)24)13-11-19(17(4)28-21)14-23(26)27-6/h10,14,16-17,21-22H,7-9,11-13H2,1-6H3/b19-14+/t16?,17?,21-,22+/m0/s1. The monoisotopic (exact) mass is 408 g/mol. The molecule has 29 heavy (non-hydrogen) atoms. The maximum atomic E-state index is 12.2. The van der Waals surface area contributed by atoms with Gasteiger partial charge in [0.1, 0.15) is 11.9 Å². The molecule has 1 fully saturated rings. The fourth-order valence-corrected chi connectivity index (χ4v) is 3.43. The van der Waals surface area contributed by atoms with Crippen LogP contribution in [0.4, 0.5) is 0 Å². The van der Waals surface area contributed by atoms with E-state index in [1.807, 2.05) is 33.8 Å². The van der Waals surface area contributed by atoms with Crippen molar-refractivity contribution in [1.29, 1.82) is 0 Å². The maximum Gasteiger partial charge on any atom is 0.330 e. The minimum absolute atomic E-state index is 0.0178. The maximum absolute atomic E-state index is 12.2. The highest BCUT2D eigenvalue weighted by Crippen LogP contribution is 2.29. The largest absolute Gasteiger partial charge is 0.466 e. The Hall–Kier alpha value is -1.95. The summed E-state index contributed by atoms with van der Waals surface area (Å²) in [4.78, 5) is 35.4. The molecular weight excluding hydrogens is 372 g/mol. The first-order valence-corrected chi connectivity index (χ1v) is 10.4. The first kappa shape index (κ1) is 25.1. The van der Waals surface area contributed by atoms with Gasteiger partial charge in [0.2, 0.25) is 0 Å². The number of ketones is 1. The van der Waals surface area contributed by atoms with Gasteiger partial charge < -0.3 is 14.2 Å². The summed E-state index contributed by atoms with van der Waals surface area (Å²) < 4.78 is 16.4. The Balaban J connectivity index is 2.73. The van der Waals surface area contributed by atoms with Gasteiger partial charge in [0.25, 0.3) is 0 Å². The van der Waals surface area contributed by atoms with E-state index in [1.54, 1.807) is 0 Å². The van der Waals surface area contributed by atoms with E-state index in [2.05, 4.69) is 0 Å². The van der Waals surface area contributed by atoms with Gasteiger partial charge >= 0.3 is 11.9 Å². The fourth-order valence-electron chi connectivity index (χ4n) is 3.43. The number of carbonyl (C=O) groups is 3. The van der Waals surface area contributed by atoms with E-state index in [0.717, 1.165) is 24.0 Å². The van der Waals surface area contributed by atoms with Crippen LogP contribution in [0.3, 0.4) is 0 Å². The number of allylic oxidation sites excluding steroid dienone is 2. The Morgan fingerprint density at radius 2 is 1.93 bits per heavy atom. The Labute approximate surface area is 174 Å². The third kappa shape index (κ3) is 9.39. The lowest BCUT2D eigenvalue weighted by Gasteiger charge is -2.26.